The van der Waals surface area contributed by atoms with Crippen LogP contribution in [0.1, 0.15) is 28.0 Å². The molecular formula is C14H15N3O2. The third-order valence-corrected chi connectivity index (χ3v) is 3.48. The summed E-state index contributed by atoms with van der Waals surface area (Å²) in [4.78, 5) is 11.3. The second-order valence-corrected chi connectivity index (χ2v) is 4.78. The van der Waals surface area contributed by atoms with Crippen molar-refractivity contribution >= 4 is 11.7 Å². The lowest BCUT2D eigenvalue weighted by Gasteiger charge is -2.18. The highest BCUT2D eigenvalue weighted by molar-refractivity contribution is 5.96. The molecule has 0 amide bonds. The summed E-state index contributed by atoms with van der Waals surface area (Å²) in [5, 5.41) is 19.5. The van der Waals surface area contributed by atoms with Crippen LogP contribution in [0.15, 0.2) is 18.2 Å². The van der Waals surface area contributed by atoms with Gasteiger partial charge in [-0.2, -0.15) is 5.10 Å². The monoisotopic (exact) mass is 257 g/mol. The van der Waals surface area contributed by atoms with E-state index in [0.29, 0.717) is 11.4 Å². The largest absolute Gasteiger partial charge is 0.478 e. The number of rotatable bonds is 2. The van der Waals surface area contributed by atoms with Crippen LogP contribution in [0.25, 0.3) is 11.3 Å². The summed E-state index contributed by atoms with van der Waals surface area (Å²) in [5.74, 6) is -0.947. The summed E-state index contributed by atoms with van der Waals surface area (Å²) in [6, 6.07) is 5.95. The highest BCUT2D eigenvalue weighted by atomic mass is 16.4. The molecule has 2 heterocycles. The van der Waals surface area contributed by atoms with E-state index in [4.69, 9.17) is 0 Å². The third-order valence-electron chi connectivity index (χ3n) is 3.48. The average Bonchev–Trinajstić information content (AvgIpc) is 2.80. The van der Waals surface area contributed by atoms with Gasteiger partial charge in [0, 0.05) is 23.5 Å². The van der Waals surface area contributed by atoms with Crippen molar-refractivity contribution in [2.45, 2.75) is 19.8 Å². The quantitative estimate of drug-likeness (QED) is 0.772. The molecule has 19 heavy (non-hydrogen) atoms. The first-order chi connectivity index (χ1) is 9.16. The van der Waals surface area contributed by atoms with Crippen LogP contribution >= 0.6 is 0 Å². The number of carbonyl (C=O) groups is 1. The zero-order valence-electron chi connectivity index (χ0n) is 10.7. The van der Waals surface area contributed by atoms with Crippen LogP contribution in [0, 0.1) is 6.92 Å². The molecular weight excluding hydrogens is 242 g/mol. The molecule has 5 heteroatoms. The maximum Gasteiger partial charge on any atom is 0.339 e. The summed E-state index contributed by atoms with van der Waals surface area (Å²) < 4.78 is 0. The van der Waals surface area contributed by atoms with Crippen molar-refractivity contribution < 1.29 is 9.90 Å². The number of hydrogen-bond donors (Lipinski definition) is 3. The molecule has 0 atom stereocenters. The number of hydrogen-bond acceptors (Lipinski definition) is 3. The van der Waals surface area contributed by atoms with Crippen LogP contribution in [-0.4, -0.2) is 27.8 Å². The van der Waals surface area contributed by atoms with Crippen molar-refractivity contribution in [1.82, 2.24) is 10.2 Å². The summed E-state index contributed by atoms with van der Waals surface area (Å²) in [5.41, 5.74) is 4.56. The summed E-state index contributed by atoms with van der Waals surface area (Å²) in [7, 11) is 0. The minimum absolute atomic E-state index is 0.253. The second-order valence-electron chi connectivity index (χ2n) is 4.78. The first-order valence-corrected chi connectivity index (χ1v) is 6.32. The molecule has 0 fully saturated rings. The molecule has 3 rings (SSSR count). The molecule has 1 aromatic carbocycles. The zero-order valence-corrected chi connectivity index (χ0v) is 10.7. The predicted octanol–water partition coefficient (Wildman–Crippen LogP) is 2.44. The standard InChI is InChI=1S/C14H15N3O2/c1-8-12(14(18)19)13(17-16-8)10-4-5-11-9(7-10)3-2-6-15-11/h4-5,7,15H,2-3,6H2,1H3,(H,16,17)(H,18,19). The van der Waals surface area contributed by atoms with Crippen LogP contribution in [0.3, 0.4) is 0 Å². The van der Waals surface area contributed by atoms with Gasteiger partial charge in [-0.1, -0.05) is 6.07 Å². The molecule has 0 saturated carbocycles. The first-order valence-electron chi connectivity index (χ1n) is 6.32. The van der Waals surface area contributed by atoms with E-state index in [1.807, 2.05) is 18.2 Å². The Morgan fingerprint density at radius 2 is 2.26 bits per heavy atom. The van der Waals surface area contributed by atoms with Gasteiger partial charge < -0.3 is 10.4 Å². The number of benzene rings is 1. The number of fused-ring (bicyclic) bond motifs is 1. The fourth-order valence-corrected chi connectivity index (χ4v) is 2.52. The van der Waals surface area contributed by atoms with Crippen LogP contribution in [0.4, 0.5) is 5.69 Å². The number of aryl methyl sites for hydroxylation is 2. The molecule has 0 unspecified atom stereocenters. The van der Waals surface area contributed by atoms with E-state index in [9.17, 15) is 9.90 Å². The third kappa shape index (κ3) is 1.97. The van der Waals surface area contributed by atoms with E-state index >= 15 is 0 Å². The lowest BCUT2D eigenvalue weighted by Crippen LogP contribution is -2.11. The van der Waals surface area contributed by atoms with Gasteiger partial charge in [0.25, 0.3) is 0 Å². The van der Waals surface area contributed by atoms with Crippen LogP contribution in [0.5, 0.6) is 0 Å². The number of anilines is 1. The number of nitrogens with zero attached hydrogens (tertiary/aromatic N) is 1. The number of aromatic nitrogens is 2. The summed E-state index contributed by atoms with van der Waals surface area (Å²) in [6.45, 7) is 2.72. The Kier molecular flexibility index (Phi) is 2.74. The smallest absolute Gasteiger partial charge is 0.339 e. The Morgan fingerprint density at radius 3 is 3.05 bits per heavy atom. The number of nitrogens with one attached hydrogen (secondary N) is 2. The topological polar surface area (TPSA) is 78.0 Å². The highest BCUT2D eigenvalue weighted by Crippen LogP contribution is 2.29. The second kappa shape index (κ2) is 4.42. The number of H-pyrrole nitrogens is 1. The van der Waals surface area contributed by atoms with Crippen molar-refractivity contribution in [1.29, 1.82) is 0 Å². The molecule has 2 aromatic rings. The molecule has 1 aliphatic heterocycles. The van der Waals surface area contributed by atoms with Crippen LogP contribution < -0.4 is 5.32 Å². The van der Waals surface area contributed by atoms with Gasteiger partial charge in [0.1, 0.15) is 11.3 Å². The van der Waals surface area contributed by atoms with E-state index in [1.165, 1.54) is 5.56 Å². The lowest BCUT2D eigenvalue weighted by molar-refractivity contribution is 0.0697. The van der Waals surface area contributed by atoms with Crippen LogP contribution in [-0.2, 0) is 6.42 Å². The molecule has 1 aliphatic rings. The molecule has 3 N–H and O–H groups in total. The van der Waals surface area contributed by atoms with E-state index in [2.05, 4.69) is 15.5 Å². The number of aromatic carboxylic acids is 1. The molecule has 0 radical (unpaired) electrons. The zero-order chi connectivity index (χ0) is 13.4. The van der Waals surface area contributed by atoms with Gasteiger partial charge in [0.05, 0.1) is 0 Å². The molecule has 1 aromatic heterocycles. The SMILES string of the molecule is Cc1[nH]nc(-c2ccc3c(c2)CCCN3)c1C(=O)O. The lowest BCUT2D eigenvalue weighted by atomic mass is 9.98. The van der Waals surface area contributed by atoms with Crippen molar-refractivity contribution in [2.75, 3.05) is 11.9 Å². The fraction of sp³-hybridized carbons (Fsp3) is 0.286. The number of carboxylic acids is 1. The molecule has 0 saturated heterocycles. The Morgan fingerprint density at radius 1 is 1.42 bits per heavy atom. The van der Waals surface area contributed by atoms with Crippen molar-refractivity contribution in [2.24, 2.45) is 0 Å². The Balaban J connectivity index is 2.10. The molecule has 98 valence electrons. The van der Waals surface area contributed by atoms with Gasteiger partial charge >= 0.3 is 5.97 Å². The van der Waals surface area contributed by atoms with Gasteiger partial charge in [-0.15, -0.1) is 0 Å². The highest BCUT2D eigenvalue weighted by Gasteiger charge is 2.19. The van der Waals surface area contributed by atoms with Crippen molar-refractivity contribution in [3.63, 3.8) is 0 Å². The Labute approximate surface area is 110 Å². The van der Waals surface area contributed by atoms with E-state index in [1.54, 1.807) is 6.92 Å². The molecule has 0 spiro atoms. The first kappa shape index (κ1) is 11.8. The number of aromatic amines is 1. The molecule has 0 bridgehead atoms. The van der Waals surface area contributed by atoms with Gasteiger partial charge in [-0.05, 0) is 37.5 Å². The maximum absolute atomic E-state index is 11.3. The van der Waals surface area contributed by atoms with Gasteiger partial charge in [0.15, 0.2) is 0 Å². The Hall–Kier alpha value is -2.30. The van der Waals surface area contributed by atoms with Gasteiger partial charge in [0.2, 0.25) is 0 Å². The average molecular weight is 257 g/mol. The molecule has 0 aliphatic carbocycles. The predicted molar refractivity (Wildman–Crippen MR) is 72.5 cm³/mol. The maximum atomic E-state index is 11.3. The van der Waals surface area contributed by atoms with Crippen molar-refractivity contribution in [3.05, 3.63) is 35.0 Å². The fourth-order valence-electron chi connectivity index (χ4n) is 2.52. The number of carboxylic acid groups (broad SMARTS) is 1. The van der Waals surface area contributed by atoms with E-state index in [0.717, 1.165) is 30.6 Å². The van der Waals surface area contributed by atoms with E-state index in [-0.39, 0.29) is 5.56 Å². The van der Waals surface area contributed by atoms with Gasteiger partial charge in [-0.25, -0.2) is 4.79 Å². The normalized spacial score (nSPS) is 13.7. The summed E-state index contributed by atoms with van der Waals surface area (Å²) >= 11 is 0. The van der Waals surface area contributed by atoms with Gasteiger partial charge in [-0.3, -0.25) is 5.10 Å². The minimum atomic E-state index is -0.947. The molecule has 5 nitrogen and oxygen atoms in total. The van der Waals surface area contributed by atoms with E-state index < -0.39 is 5.97 Å². The summed E-state index contributed by atoms with van der Waals surface area (Å²) in [6.07, 6.45) is 2.11. The van der Waals surface area contributed by atoms with Crippen LogP contribution in [0.2, 0.25) is 0 Å². The Bertz CT molecular complexity index is 646. The minimum Gasteiger partial charge on any atom is -0.478 e. The van der Waals surface area contributed by atoms with Crippen molar-refractivity contribution in [3.8, 4) is 11.3 Å².